The molecule has 0 aliphatic heterocycles. The van der Waals surface area contributed by atoms with E-state index in [9.17, 15) is 4.21 Å². The van der Waals surface area contributed by atoms with Crippen molar-refractivity contribution in [3.8, 4) is 0 Å². The first-order valence-electron chi connectivity index (χ1n) is 1.51. The number of nitrogens with one attached hydrogen (secondary N) is 2. The lowest BCUT2D eigenvalue weighted by Gasteiger charge is -1.95. The van der Waals surface area contributed by atoms with Gasteiger partial charge in [-0.2, -0.15) is 4.21 Å². The molecule has 0 amide bonds. The van der Waals surface area contributed by atoms with Crippen LogP contribution in [-0.4, -0.2) is 14.7 Å². The molecule has 1 atom stereocenters. The van der Waals surface area contributed by atoms with Gasteiger partial charge >= 0.3 is 11.4 Å². The Morgan fingerprint density at radius 2 is 2.50 bits per heavy atom. The van der Waals surface area contributed by atoms with E-state index in [2.05, 4.69) is 10.0 Å². The lowest BCUT2D eigenvalue weighted by molar-refractivity contribution is 0.256. The van der Waals surface area contributed by atoms with Crippen LogP contribution in [0.25, 0.3) is 0 Å². The predicted octanol–water partition coefficient (Wildman–Crippen LogP) is -1.46. The molecule has 8 heavy (non-hydrogen) atoms. The number of hydrogen-bond acceptors (Lipinski definition) is 3. The second-order valence-corrected chi connectivity index (χ2v) is 1.42. The molecular weight excluding hydrogens is 134 g/mol. The van der Waals surface area contributed by atoms with Crippen LogP contribution in [0.2, 0.25) is 0 Å². The first-order valence-corrected chi connectivity index (χ1v) is 2.54. The highest BCUT2D eigenvalue weighted by molar-refractivity contribution is 7.74. The predicted molar refractivity (Wildman–Crippen MR) is 26.9 cm³/mol. The molecule has 0 fully saturated rings. The fourth-order valence-corrected chi connectivity index (χ4v) is 0.242. The summed E-state index contributed by atoms with van der Waals surface area (Å²) in [7, 11) is 0. The molecule has 7 heteroatoms. The average Bonchev–Trinajstić information content (AvgIpc) is 1.61. The third kappa shape index (κ3) is 5.34. The lowest BCUT2D eigenvalue weighted by atomic mass is 11.1. The number of hydroxylamine groups is 1. The van der Waals surface area contributed by atoms with E-state index >= 15 is 0 Å². The van der Waals surface area contributed by atoms with Gasteiger partial charge in [0, 0.05) is 0 Å². The first-order chi connectivity index (χ1) is 3.63. The zero-order chi connectivity index (χ0) is 6.57. The Hall–Kier alpha value is -0.660. The van der Waals surface area contributed by atoms with Crippen molar-refractivity contribution >= 4 is 17.3 Å². The molecule has 48 valence electrons. The van der Waals surface area contributed by atoms with Crippen molar-refractivity contribution in [1.29, 1.82) is 5.41 Å². The maximum absolute atomic E-state index is 9.58. The Bertz CT molecular complexity index is 99.1. The van der Waals surface area contributed by atoms with E-state index in [4.69, 9.17) is 9.96 Å². The standard InChI is InChI=1S/CH5N3O3S/c2-1(3)4-7-8(5)6/h(H,5,6)(H4,2,3,4). The van der Waals surface area contributed by atoms with Crippen LogP contribution in [0.3, 0.4) is 0 Å². The van der Waals surface area contributed by atoms with Crippen molar-refractivity contribution in [2.75, 3.05) is 0 Å². The molecule has 0 aromatic rings. The summed E-state index contributed by atoms with van der Waals surface area (Å²) in [5.41, 5.74) is 6.30. The van der Waals surface area contributed by atoms with Crippen molar-refractivity contribution in [3.05, 3.63) is 0 Å². The minimum absolute atomic E-state index is 0.521. The van der Waals surface area contributed by atoms with E-state index in [1.54, 1.807) is 5.48 Å². The fourth-order valence-electron chi connectivity index (χ4n) is 0.0805. The zero-order valence-corrected chi connectivity index (χ0v) is 4.57. The van der Waals surface area contributed by atoms with Gasteiger partial charge in [-0.3, -0.25) is 9.96 Å². The average molecular weight is 139 g/mol. The maximum atomic E-state index is 9.58. The molecule has 0 spiro atoms. The SMILES string of the molecule is N=C(N)NOS(=O)O. The number of guanidine groups is 1. The minimum Gasteiger partial charge on any atom is -0.368 e. The third-order valence-electron chi connectivity index (χ3n) is 0.223. The van der Waals surface area contributed by atoms with Gasteiger partial charge in [-0.15, -0.1) is 4.28 Å². The van der Waals surface area contributed by atoms with Crippen molar-refractivity contribution in [2.45, 2.75) is 0 Å². The number of nitrogens with two attached hydrogens (primary N) is 1. The van der Waals surface area contributed by atoms with Gasteiger partial charge in [0.05, 0.1) is 0 Å². The Morgan fingerprint density at radius 1 is 2.00 bits per heavy atom. The maximum Gasteiger partial charge on any atom is 0.324 e. The largest absolute Gasteiger partial charge is 0.368 e. The summed E-state index contributed by atoms with van der Waals surface area (Å²) < 4.78 is 21.1. The normalized spacial score (nSPS) is 12.6. The number of rotatable bonds is 2. The van der Waals surface area contributed by atoms with E-state index in [-0.39, 0.29) is 0 Å². The summed E-state index contributed by atoms with van der Waals surface area (Å²) in [6, 6.07) is 0. The van der Waals surface area contributed by atoms with Gasteiger partial charge in [-0.1, -0.05) is 0 Å². The van der Waals surface area contributed by atoms with Gasteiger partial charge in [-0.25, -0.2) is 5.48 Å². The van der Waals surface area contributed by atoms with Gasteiger partial charge in [0.15, 0.2) is 0 Å². The van der Waals surface area contributed by atoms with Crippen molar-refractivity contribution in [2.24, 2.45) is 5.73 Å². The molecule has 1 unspecified atom stereocenters. The molecular formula is CH5N3O3S. The van der Waals surface area contributed by atoms with Gasteiger partial charge in [0.25, 0.3) is 0 Å². The van der Waals surface area contributed by atoms with Crippen molar-refractivity contribution < 1.29 is 13.0 Å². The van der Waals surface area contributed by atoms with Crippen LogP contribution >= 0.6 is 0 Å². The van der Waals surface area contributed by atoms with Crippen molar-refractivity contribution in [3.63, 3.8) is 0 Å². The van der Waals surface area contributed by atoms with E-state index in [1.165, 1.54) is 0 Å². The topological polar surface area (TPSA) is 108 Å². The van der Waals surface area contributed by atoms with Crippen LogP contribution < -0.4 is 11.2 Å². The second-order valence-electron chi connectivity index (χ2n) is 0.816. The summed E-state index contributed by atoms with van der Waals surface area (Å²) in [5, 5.41) is 6.38. The zero-order valence-electron chi connectivity index (χ0n) is 3.75. The second kappa shape index (κ2) is 3.36. The fraction of sp³-hybridized carbons (Fsp3) is 0. The third-order valence-corrected chi connectivity index (χ3v) is 0.449. The monoisotopic (exact) mass is 139 g/mol. The molecule has 0 rings (SSSR count). The molecule has 0 aliphatic carbocycles. The summed E-state index contributed by atoms with van der Waals surface area (Å²) in [6.07, 6.45) is 0. The molecule has 6 nitrogen and oxygen atoms in total. The Morgan fingerprint density at radius 3 is 2.62 bits per heavy atom. The molecule has 0 aromatic carbocycles. The number of hydrogen-bond donors (Lipinski definition) is 4. The summed E-state index contributed by atoms with van der Waals surface area (Å²) in [4.78, 5) is 0. The smallest absolute Gasteiger partial charge is 0.324 e. The molecule has 5 N–H and O–H groups in total. The van der Waals surface area contributed by atoms with Crippen molar-refractivity contribution in [1.82, 2.24) is 5.48 Å². The van der Waals surface area contributed by atoms with Crippen LogP contribution in [0.15, 0.2) is 0 Å². The van der Waals surface area contributed by atoms with Crippen LogP contribution in [0, 0.1) is 5.41 Å². The highest BCUT2D eigenvalue weighted by Crippen LogP contribution is 1.67. The van der Waals surface area contributed by atoms with Gasteiger partial charge in [-0.05, 0) is 0 Å². The Kier molecular flexibility index (Phi) is 3.08. The molecule has 0 heterocycles. The van der Waals surface area contributed by atoms with E-state index < -0.39 is 17.3 Å². The Labute approximate surface area is 48.0 Å². The molecule has 0 saturated heterocycles. The summed E-state index contributed by atoms with van der Waals surface area (Å²) in [5.74, 6) is -0.521. The lowest BCUT2D eigenvalue weighted by Crippen LogP contribution is -2.30. The highest BCUT2D eigenvalue weighted by Gasteiger charge is 1.90. The summed E-state index contributed by atoms with van der Waals surface area (Å²) >= 11 is -2.42. The molecule has 0 saturated carbocycles. The first kappa shape index (κ1) is 7.34. The van der Waals surface area contributed by atoms with Crippen LogP contribution in [-0.2, 0) is 15.6 Å². The quantitative estimate of drug-likeness (QED) is 0.162. The van der Waals surface area contributed by atoms with Gasteiger partial charge in [0.2, 0.25) is 5.96 Å². The minimum atomic E-state index is -2.42. The van der Waals surface area contributed by atoms with Crippen LogP contribution in [0.1, 0.15) is 0 Å². The molecule has 0 aromatic heterocycles. The molecule has 0 radical (unpaired) electrons. The Balaban J connectivity index is 3.18. The van der Waals surface area contributed by atoms with Gasteiger partial charge < -0.3 is 5.73 Å². The van der Waals surface area contributed by atoms with E-state index in [0.717, 1.165) is 0 Å². The highest BCUT2D eigenvalue weighted by atomic mass is 32.2. The molecule has 0 aliphatic rings. The van der Waals surface area contributed by atoms with Gasteiger partial charge in [0.1, 0.15) is 0 Å². The van der Waals surface area contributed by atoms with Crippen LogP contribution in [0.4, 0.5) is 0 Å². The van der Waals surface area contributed by atoms with E-state index in [0.29, 0.717) is 0 Å². The molecule has 0 bridgehead atoms. The van der Waals surface area contributed by atoms with E-state index in [1.807, 2.05) is 0 Å². The summed E-state index contributed by atoms with van der Waals surface area (Å²) in [6.45, 7) is 0. The van der Waals surface area contributed by atoms with Crippen LogP contribution in [0.5, 0.6) is 0 Å².